The molecule has 0 unspecified atom stereocenters. The molecule has 2 nitrogen and oxygen atoms in total. The number of phenols is 1. The summed E-state index contributed by atoms with van der Waals surface area (Å²) in [7, 11) is 0. The van der Waals surface area contributed by atoms with Crippen LogP contribution in [-0.2, 0) is 0 Å². The number of hydrogen-bond donors (Lipinski definition) is 1. The molecule has 2 aromatic carbocycles. The fourth-order valence-electron chi connectivity index (χ4n) is 1.21. The zero-order valence-corrected chi connectivity index (χ0v) is 11.3. The molecular formula is C12H8Br2O2. The molecule has 0 bridgehead atoms. The molecule has 0 atom stereocenters. The van der Waals surface area contributed by atoms with Gasteiger partial charge in [-0.25, -0.2) is 0 Å². The Bertz CT molecular complexity index is 512. The first kappa shape index (κ1) is 11.5. The van der Waals surface area contributed by atoms with Gasteiger partial charge in [-0.1, -0.05) is 12.1 Å². The molecule has 0 aliphatic rings. The van der Waals surface area contributed by atoms with Crippen molar-refractivity contribution in [1.82, 2.24) is 0 Å². The minimum absolute atomic E-state index is 0.194. The van der Waals surface area contributed by atoms with Gasteiger partial charge in [-0.3, -0.25) is 0 Å². The molecule has 0 spiro atoms. The summed E-state index contributed by atoms with van der Waals surface area (Å²) in [6.45, 7) is 0. The van der Waals surface area contributed by atoms with Crippen molar-refractivity contribution in [2.45, 2.75) is 0 Å². The molecular weight excluding hydrogens is 336 g/mol. The Kier molecular flexibility index (Phi) is 3.51. The minimum atomic E-state index is 0.194. The second-order valence-corrected chi connectivity index (χ2v) is 4.85. The number of halogens is 2. The Labute approximate surface area is 110 Å². The van der Waals surface area contributed by atoms with E-state index in [-0.39, 0.29) is 5.75 Å². The largest absolute Gasteiger partial charge is 0.507 e. The van der Waals surface area contributed by atoms with Crippen molar-refractivity contribution in [2.24, 2.45) is 0 Å². The van der Waals surface area contributed by atoms with Crippen molar-refractivity contribution < 1.29 is 9.84 Å². The quantitative estimate of drug-likeness (QED) is 0.855. The molecule has 0 heterocycles. The van der Waals surface area contributed by atoms with Gasteiger partial charge in [-0.15, -0.1) is 0 Å². The van der Waals surface area contributed by atoms with Crippen molar-refractivity contribution >= 4 is 31.9 Å². The predicted octanol–water partition coefficient (Wildman–Crippen LogP) is 4.71. The van der Waals surface area contributed by atoms with Crippen molar-refractivity contribution in [1.29, 1.82) is 0 Å². The van der Waals surface area contributed by atoms with Gasteiger partial charge in [-0.2, -0.15) is 0 Å². The van der Waals surface area contributed by atoms with Crippen LogP contribution in [0.3, 0.4) is 0 Å². The van der Waals surface area contributed by atoms with Crippen LogP contribution in [0, 0.1) is 0 Å². The molecule has 2 aromatic rings. The smallest absolute Gasteiger partial charge is 0.141 e. The molecule has 0 aliphatic carbocycles. The van der Waals surface area contributed by atoms with Crippen molar-refractivity contribution in [3.63, 3.8) is 0 Å². The lowest BCUT2D eigenvalue weighted by Gasteiger charge is -2.08. The average molecular weight is 344 g/mol. The Morgan fingerprint density at radius 1 is 0.938 bits per heavy atom. The van der Waals surface area contributed by atoms with Gasteiger partial charge in [-0.05, 0) is 62.2 Å². The van der Waals surface area contributed by atoms with E-state index in [1.807, 2.05) is 24.3 Å². The first-order chi connectivity index (χ1) is 7.66. The summed E-state index contributed by atoms with van der Waals surface area (Å²) in [6, 6.07) is 12.6. The molecule has 82 valence electrons. The maximum atomic E-state index is 9.35. The second-order valence-electron chi connectivity index (χ2n) is 3.15. The van der Waals surface area contributed by atoms with E-state index < -0.39 is 0 Å². The van der Waals surface area contributed by atoms with Gasteiger partial charge >= 0.3 is 0 Å². The fraction of sp³-hybridized carbons (Fsp3) is 0. The molecule has 16 heavy (non-hydrogen) atoms. The average Bonchev–Trinajstić information content (AvgIpc) is 2.27. The number of rotatable bonds is 2. The maximum Gasteiger partial charge on any atom is 0.141 e. The fourth-order valence-corrected chi connectivity index (χ4v) is 1.93. The summed E-state index contributed by atoms with van der Waals surface area (Å²) < 4.78 is 7.15. The Morgan fingerprint density at radius 3 is 2.38 bits per heavy atom. The Balaban J connectivity index is 2.28. The van der Waals surface area contributed by atoms with E-state index in [0.717, 1.165) is 10.2 Å². The van der Waals surface area contributed by atoms with E-state index in [0.29, 0.717) is 10.2 Å². The van der Waals surface area contributed by atoms with E-state index in [9.17, 15) is 5.11 Å². The van der Waals surface area contributed by atoms with E-state index in [4.69, 9.17) is 4.74 Å². The monoisotopic (exact) mass is 342 g/mol. The Morgan fingerprint density at radius 2 is 1.69 bits per heavy atom. The zero-order valence-electron chi connectivity index (χ0n) is 8.15. The third-order valence-corrected chi connectivity index (χ3v) is 3.27. The number of phenolic OH excluding ortho intramolecular Hbond substituents is 1. The number of aromatic hydroxyl groups is 1. The van der Waals surface area contributed by atoms with E-state index >= 15 is 0 Å². The highest BCUT2D eigenvalue weighted by molar-refractivity contribution is 9.10. The van der Waals surface area contributed by atoms with Gasteiger partial charge in [0.05, 0.1) is 8.95 Å². The third-order valence-electron chi connectivity index (χ3n) is 1.98. The third kappa shape index (κ3) is 2.57. The lowest BCUT2D eigenvalue weighted by atomic mass is 10.3. The summed E-state index contributed by atoms with van der Waals surface area (Å²) in [5.41, 5.74) is 0. The van der Waals surface area contributed by atoms with Crippen LogP contribution in [0.15, 0.2) is 51.4 Å². The normalized spacial score (nSPS) is 10.1. The van der Waals surface area contributed by atoms with E-state index in [1.54, 1.807) is 18.2 Å². The molecule has 0 aliphatic heterocycles. The first-order valence-corrected chi connectivity index (χ1v) is 6.16. The molecule has 0 aromatic heterocycles. The standard InChI is InChI=1S/C12H8Br2O2/c13-9-3-1-2-4-12(9)16-8-5-6-11(15)10(14)7-8/h1-7,15H. The number of para-hydroxylation sites is 1. The highest BCUT2D eigenvalue weighted by Gasteiger charge is 2.04. The van der Waals surface area contributed by atoms with Gasteiger partial charge in [0.1, 0.15) is 17.2 Å². The predicted molar refractivity (Wildman–Crippen MR) is 70.0 cm³/mol. The van der Waals surface area contributed by atoms with Crippen molar-refractivity contribution in [3.05, 3.63) is 51.4 Å². The maximum absolute atomic E-state index is 9.35. The number of ether oxygens (including phenoxy) is 1. The molecule has 0 radical (unpaired) electrons. The van der Waals surface area contributed by atoms with Gasteiger partial charge in [0.15, 0.2) is 0 Å². The van der Waals surface area contributed by atoms with Crippen LogP contribution in [0.1, 0.15) is 0 Å². The van der Waals surface area contributed by atoms with Crippen LogP contribution in [0.25, 0.3) is 0 Å². The van der Waals surface area contributed by atoms with Crippen LogP contribution in [0.5, 0.6) is 17.2 Å². The van der Waals surface area contributed by atoms with Crippen LogP contribution in [0.2, 0.25) is 0 Å². The molecule has 0 fully saturated rings. The van der Waals surface area contributed by atoms with Gasteiger partial charge in [0.25, 0.3) is 0 Å². The lowest BCUT2D eigenvalue weighted by molar-refractivity contribution is 0.460. The van der Waals surface area contributed by atoms with Crippen LogP contribution >= 0.6 is 31.9 Å². The summed E-state index contributed by atoms with van der Waals surface area (Å²) in [4.78, 5) is 0. The minimum Gasteiger partial charge on any atom is -0.507 e. The highest BCUT2D eigenvalue weighted by atomic mass is 79.9. The topological polar surface area (TPSA) is 29.5 Å². The van der Waals surface area contributed by atoms with E-state index in [1.165, 1.54) is 0 Å². The summed E-state index contributed by atoms with van der Waals surface area (Å²) >= 11 is 6.64. The SMILES string of the molecule is Oc1ccc(Oc2ccccc2Br)cc1Br. The molecule has 0 saturated heterocycles. The van der Waals surface area contributed by atoms with Gasteiger partial charge in [0.2, 0.25) is 0 Å². The molecule has 4 heteroatoms. The second kappa shape index (κ2) is 4.89. The Hall–Kier alpha value is -1.000. The molecule has 0 saturated carbocycles. The molecule has 0 amide bonds. The summed E-state index contributed by atoms with van der Waals surface area (Å²) in [5.74, 6) is 1.59. The number of benzene rings is 2. The van der Waals surface area contributed by atoms with Crippen LogP contribution in [-0.4, -0.2) is 5.11 Å². The van der Waals surface area contributed by atoms with Gasteiger partial charge in [0, 0.05) is 0 Å². The van der Waals surface area contributed by atoms with Crippen LogP contribution < -0.4 is 4.74 Å². The summed E-state index contributed by atoms with van der Waals surface area (Å²) in [5, 5.41) is 9.35. The zero-order chi connectivity index (χ0) is 11.5. The van der Waals surface area contributed by atoms with Crippen molar-refractivity contribution in [2.75, 3.05) is 0 Å². The van der Waals surface area contributed by atoms with Crippen molar-refractivity contribution in [3.8, 4) is 17.2 Å². The summed E-state index contributed by atoms with van der Waals surface area (Å²) in [6.07, 6.45) is 0. The highest BCUT2D eigenvalue weighted by Crippen LogP contribution is 2.33. The first-order valence-electron chi connectivity index (χ1n) is 4.58. The molecule has 1 N–H and O–H groups in total. The number of hydrogen-bond acceptors (Lipinski definition) is 2. The van der Waals surface area contributed by atoms with Crippen LogP contribution in [0.4, 0.5) is 0 Å². The van der Waals surface area contributed by atoms with Gasteiger partial charge < -0.3 is 9.84 Å². The lowest BCUT2D eigenvalue weighted by Crippen LogP contribution is -1.85. The van der Waals surface area contributed by atoms with E-state index in [2.05, 4.69) is 31.9 Å². The molecule has 2 rings (SSSR count).